The summed E-state index contributed by atoms with van der Waals surface area (Å²) in [5.74, 6) is -2.93. The maximum atomic E-state index is 13.6. The van der Waals surface area contributed by atoms with E-state index in [1.165, 1.54) is 26.2 Å². The Labute approximate surface area is 108 Å². The number of aliphatic carboxylic acids is 1. The number of hydrogen-bond acceptors (Lipinski definition) is 4. The van der Waals surface area contributed by atoms with Crippen LogP contribution in [0.5, 0.6) is 5.75 Å². The van der Waals surface area contributed by atoms with Crippen molar-refractivity contribution in [2.24, 2.45) is 0 Å². The lowest BCUT2D eigenvalue weighted by molar-refractivity contribution is -0.141. The molecule has 3 N–H and O–H groups in total. The molecule has 0 saturated carbocycles. The first kappa shape index (κ1) is 14.9. The number of carbonyl (C=O) groups is 2. The van der Waals surface area contributed by atoms with Gasteiger partial charge in [-0.15, -0.1) is 0 Å². The number of hydrogen-bond donors (Lipinski definition) is 3. The molecule has 0 aliphatic heterocycles. The normalized spacial score (nSPS) is 13.5. The number of methoxy groups -OCH3 is 1. The van der Waals surface area contributed by atoms with Gasteiger partial charge in [0, 0.05) is 6.07 Å². The van der Waals surface area contributed by atoms with E-state index in [0.717, 1.165) is 6.07 Å². The molecule has 19 heavy (non-hydrogen) atoms. The number of aliphatic hydroxyl groups excluding tert-OH is 1. The highest BCUT2D eigenvalue weighted by Gasteiger charge is 2.26. The fraction of sp³-hybridized carbons (Fsp3) is 0.333. The maximum Gasteiger partial charge on any atom is 0.328 e. The second-order valence-electron chi connectivity index (χ2n) is 3.88. The van der Waals surface area contributed by atoms with Gasteiger partial charge in [0.05, 0.1) is 18.8 Å². The van der Waals surface area contributed by atoms with Gasteiger partial charge in [0.2, 0.25) is 0 Å². The van der Waals surface area contributed by atoms with Crippen LogP contribution in [0.3, 0.4) is 0 Å². The van der Waals surface area contributed by atoms with Crippen molar-refractivity contribution in [2.45, 2.75) is 19.1 Å². The Hall–Kier alpha value is -2.15. The van der Waals surface area contributed by atoms with Gasteiger partial charge in [-0.25, -0.2) is 9.18 Å². The van der Waals surface area contributed by atoms with Crippen molar-refractivity contribution >= 4 is 11.9 Å². The van der Waals surface area contributed by atoms with Crippen LogP contribution in [0.1, 0.15) is 17.3 Å². The fourth-order valence-corrected chi connectivity index (χ4v) is 1.41. The van der Waals surface area contributed by atoms with E-state index in [9.17, 15) is 19.1 Å². The average Bonchev–Trinajstić information content (AvgIpc) is 2.34. The first-order valence-corrected chi connectivity index (χ1v) is 5.42. The molecular weight excluding hydrogens is 257 g/mol. The van der Waals surface area contributed by atoms with Crippen LogP contribution in [-0.2, 0) is 4.79 Å². The van der Waals surface area contributed by atoms with Crippen LogP contribution < -0.4 is 10.1 Å². The van der Waals surface area contributed by atoms with Crippen LogP contribution in [-0.4, -0.2) is 41.3 Å². The van der Waals surface area contributed by atoms with Gasteiger partial charge in [0.1, 0.15) is 11.6 Å². The summed E-state index contributed by atoms with van der Waals surface area (Å²) in [4.78, 5) is 22.5. The minimum absolute atomic E-state index is 0.236. The van der Waals surface area contributed by atoms with E-state index in [4.69, 9.17) is 9.84 Å². The zero-order valence-electron chi connectivity index (χ0n) is 10.4. The summed E-state index contributed by atoms with van der Waals surface area (Å²) in [7, 11) is 1.35. The smallest absolute Gasteiger partial charge is 0.328 e. The number of aliphatic hydroxyl groups is 1. The molecule has 1 amide bonds. The Morgan fingerprint density at radius 3 is 2.47 bits per heavy atom. The molecule has 0 spiro atoms. The largest absolute Gasteiger partial charge is 0.497 e. The zero-order chi connectivity index (χ0) is 14.6. The third-order valence-electron chi connectivity index (χ3n) is 2.46. The first-order chi connectivity index (χ1) is 8.86. The number of nitrogens with one attached hydrogen (secondary N) is 1. The lowest BCUT2D eigenvalue weighted by Crippen LogP contribution is -2.47. The van der Waals surface area contributed by atoms with E-state index in [-0.39, 0.29) is 11.3 Å². The van der Waals surface area contributed by atoms with Crippen LogP contribution in [0.2, 0.25) is 0 Å². The predicted octanol–water partition coefficient (Wildman–Crippen LogP) is 0.398. The number of benzene rings is 1. The Bertz CT molecular complexity index is 489. The number of carboxylic acids is 1. The number of rotatable bonds is 5. The standard InChI is InChI=1S/C12H14FNO5/c1-6(15)10(12(17)18)14-11(16)8-4-3-7(19-2)5-9(8)13/h3-6,10,15H,1-2H3,(H,14,16)(H,17,18). The second-order valence-corrected chi connectivity index (χ2v) is 3.88. The molecule has 1 aromatic carbocycles. The van der Waals surface area contributed by atoms with Gasteiger partial charge in [-0.05, 0) is 19.1 Å². The zero-order valence-corrected chi connectivity index (χ0v) is 10.4. The lowest BCUT2D eigenvalue weighted by atomic mass is 10.1. The third kappa shape index (κ3) is 3.65. The number of amides is 1. The molecular formula is C12H14FNO5. The molecule has 104 valence electrons. The SMILES string of the molecule is COc1ccc(C(=O)NC(C(=O)O)C(C)O)c(F)c1. The van der Waals surface area contributed by atoms with Gasteiger partial charge in [-0.2, -0.15) is 0 Å². The molecule has 1 aromatic rings. The minimum atomic E-state index is -1.51. The first-order valence-electron chi connectivity index (χ1n) is 5.42. The molecule has 2 unspecified atom stereocenters. The van der Waals surface area contributed by atoms with Crippen molar-refractivity contribution in [1.29, 1.82) is 0 Å². The highest BCUT2D eigenvalue weighted by Crippen LogP contribution is 2.16. The average molecular weight is 271 g/mol. The molecule has 0 saturated heterocycles. The van der Waals surface area contributed by atoms with Crippen LogP contribution in [0.15, 0.2) is 18.2 Å². The van der Waals surface area contributed by atoms with Crippen molar-refractivity contribution in [3.05, 3.63) is 29.6 Å². The number of halogens is 1. The number of carboxylic acid groups (broad SMARTS) is 1. The van der Waals surface area contributed by atoms with Gasteiger partial charge < -0.3 is 20.3 Å². The van der Waals surface area contributed by atoms with Crippen LogP contribution in [0, 0.1) is 5.82 Å². The van der Waals surface area contributed by atoms with Crippen molar-refractivity contribution in [3.63, 3.8) is 0 Å². The van der Waals surface area contributed by atoms with Crippen LogP contribution in [0.25, 0.3) is 0 Å². The van der Waals surface area contributed by atoms with E-state index in [1.54, 1.807) is 0 Å². The van der Waals surface area contributed by atoms with E-state index in [2.05, 4.69) is 0 Å². The van der Waals surface area contributed by atoms with E-state index >= 15 is 0 Å². The summed E-state index contributed by atoms with van der Waals surface area (Å²) in [6.45, 7) is 1.21. The summed E-state index contributed by atoms with van der Waals surface area (Å²) in [5, 5.41) is 20.1. The number of carbonyl (C=O) groups excluding carboxylic acids is 1. The van der Waals surface area contributed by atoms with E-state index < -0.39 is 29.8 Å². The van der Waals surface area contributed by atoms with Gasteiger partial charge in [0.25, 0.3) is 5.91 Å². The predicted molar refractivity (Wildman–Crippen MR) is 63.5 cm³/mol. The third-order valence-corrected chi connectivity index (χ3v) is 2.46. The van der Waals surface area contributed by atoms with E-state index in [0.29, 0.717) is 0 Å². The monoisotopic (exact) mass is 271 g/mol. The Balaban J connectivity index is 2.91. The van der Waals surface area contributed by atoms with Gasteiger partial charge in [-0.1, -0.05) is 0 Å². The molecule has 1 rings (SSSR count). The van der Waals surface area contributed by atoms with Crippen LogP contribution in [0.4, 0.5) is 4.39 Å². The molecule has 0 radical (unpaired) electrons. The fourth-order valence-electron chi connectivity index (χ4n) is 1.41. The van der Waals surface area contributed by atoms with Crippen molar-refractivity contribution < 1.29 is 28.9 Å². The van der Waals surface area contributed by atoms with Crippen LogP contribution >= 0.6 is 0 Å². The molecule has 0 aliphatic carbocycles. The molecule has 0 aliphatic rings. The summed E-state index contributed by atoms with van der Waals surface area (Å²) in [6.07, 6.45) is -1.30. The summed E-state index contributed by atoms with van der Waals surface area (Å²) in [5.41, 5.74) is -0.326. The summed E-state index contributed by atoms with van der Waals surface area (Å²) < 4.78 is 18.4. The lowest BCUT2D eigenvalue weighted by Gasteiger charge is -2.17. The molecule has 0 fully saturated rings. The molecule has 0 bridgehead atoms. The highest BCUT2D eigenvalue weighted by atomic mass is 19.1. The topological polar surface area (TPSA) is 95.9 Å². The summed E-state index contributed by atoms with van der Waals surface area (Å²) in [6, 6.07) is 2.04. The summed E-state index contributed by atoms with van der Waals surface area (Å²) >= 11 is 0. The molecule has 7 heteroatoms. The quantitative estimate of drug-likeness (QED) is 0.720. The molecule has 6 nitrogen and oxygen atoms in total. The van der Waals surface area contributed by atoms with Crippen molar-refractivity contribution in [2.75, 3.05) is 7.11 Å². The second kappa shape index (κ2) is 6.14. The van der Waals surface area contributed by atoms with Crippen molar-refractivity contribution in [1.82, 2.24) is 5.32 Å². The van der Waals surface area contributed by atoms with Gasteiger partial charge in [-0.3, -0.25) is 4.79 Å². The maximum absolute atomic E-state index is 13.6. The minimum Gasteiger partial charge on any atom is -0.497 e. The molecule has 2 atom stereocenters. The molecule has 0 aromatic heterocycles. The Morgan fingerprint density at radius 1 is 1.42 bits per heavy atom. The number of ether oxygens (including phenoxy) is 1. The van der Waals surface area contributed by atoms with Crippen molar-refractivity contribution in [3.8, 4) is 5.75 Å². The Kier molecular flexibility index (Phi) is 4.82. The molecule has 0 heterocycles. The van der Waals surface area contributed by atoms with Gasteiger partial charge in [0.15, 0.2) is 6.04 Å². The highest BCUT2D eigenvalue weighted by molar-refractivity contribution is 5.97. The van der Waals surface area contributed by atoms with E-state index in [1.807, 2.05) is 5.32 Å². The van der Waals surface area contributed by atoms with Gasteiger partial charge >= 0.3 is 5.97 Å². The Morgan fingerprint density at radius 2 is 2.05 bits per heavy atom.